The second kappa shape index (κ2) is 7.41. The summed E-state index contributed by atoms with van der Waals surface area (Å²) in [4.78, 5) is 27.9. The molecule has 0 aliphatic carbocycles. The molecule has 4 nitrogen and oxygen atoms in total. The van der Waals surface area contributed by atoms with Crippen molar-refractivity contribution in [3.63, 3.8) is 0 Å². The van der Waals surface area contributed by atoms with Crippen LogP contribution in [0.5, 0.6) is 0 Å². The zero-order valence-electron chi connectivity index (χ0n) is 12.8. The number of anilines is 1. The number of nitrogens with zero attached hydrogens (tertiary/aromatic N) is 1. The molecule has 2 amide bonds. The number of rotatable bonds is 1. The number of nitrogens with one attached hydrogen (secondary N) is 1. The Morgan fingerprint density at radius 1 is 1.17 bits per heavy atom. The van der Waals surface area contributed by atoms with Crippen LogP contribution in [-0.2, 0) is 9.59 Å². The molecule has 1 N–H and O–H groups in total. The van der Waals surface area contributed by atoms with Gasteiger partial charge in [0.1, 0.15) is 0 Å². The number of halogens is 1. The molecule has 2 aliphatic rings. The third-order valence-electron chi connectivity index (χ3n) is 4.06. The fourth-order valence-corrected chi connectivity index (χ4v) is 3.87. The Morgan fingerprint density at radius 2 is 1.87 bits per heavy atom. The first kappa shape index (κ1) is 16.4. The zero-order chi connectivity index (χ0) is 16.2. The minimum atomic E-state index is -0.245. The molecule has 0 spiro atoms. The predicted octanol–water partition coefficient (Wildman–Crippen LogP) is 4.06. The molecule has 1 fully saturated rings. The number of thioether (sulfide) groups is 1. The van der Waals surface area contributed by atoms with Gasteiger partial charge in [0, 0.05) is 29.1 Å². The molecule has 0 saturated carbocycles. The third-order valence-corrected chi connectivity index (χ3v) is 5.39. The quantitative estimate of drug-likeness (QED) is 0.777. The van der Waals surface area contributed by atoms with Crippen molar-refractivity contribution in [1.82, 2.24) is 4.90 Å². The first-order chi connectivity index (χ1) is 11.1. The minimum absolute atomic E-state index is 0.0676. The van der Waals surface area contributed by atoms with E-state index in [1.165, 1.54) is 37.1 Å². The summed E-state index contributed by atoms with van der Waals surface area (Å²) < 4.78 is 0. The van der Waals surface area contributed by atoms with Gasteiger partial charge in [-0.3, -0.25) is 9.59 Å². The van der Waals surface area contributed by atoms with Crippen molar-refractivity contribution in [3.8, 4) is 0 Å². The van der Waals surface area contributed by atoms with Crippen molar-refractivity contribution >= 4 is 40.9 Å². The molecular formula is C17H19ClN2O2S. The average molecular weight is 351 g/mol. The molecule has 1 aromatic rings. The molecule has 0 aromatic heterocycles. The van der Waals surface area contributed by atoms with Gasteiger partial charge in [-0.15, -0.1) is 0 Å². The van der Waals surface area contributed by atoms with Gasteiger partial charge in [-0.1, -0.05) is 42.6 Å². The SMILES string of the molecule is O=C1Nc2cc(Cl)ccc2S/C1=C\C(=O)N1CCCCCCC1. The van der Waals surface area contributed by atoms with E-state index in [0.29, 0.717) is 15.6 Å². The molecule has 3 rings (SSSR count). The van der Waals surface area contributed by atoms with Gasteiger partial charge in [-0.25, -0.2) is 0 Å². The molecule has 0 unspecified atom stereocenters. The lowest BCUT2D eigenvalue weighted by atomic mass is 10.1. The molecule has 122 valence electrons. The van der Waals surface area contributed by atoms with Crippen LogP contribution in [0.15, 0.2) is 34.1 Å². The first-order valence-electron chi connectivity index (χ1n) is 7.93. The Hall–Kier alpha value is -1.46. The van der Waals surface area contributed by atoms with E-state index in [4.69, 9.17) is 11.6 Å². The first-order valence-corrected chi connectivity index (χ1v) is 9.12. The molecule has 6 heteroatoms. The van der Waals surface area contributed by atoms with Gasteiger partial charge in [0.2, 0.25) is 5.91 Å². The van der Waals surface area contributed by atoms with Gasteiger partial charge in [0.15, 0.2) is 0 Å². The Labute approximate surface area is 145 Å². The van der Waals surface area contributed by atoms with E-state index in [1.807, 2.05) is 11.0 Å². The predicted molar refractivity (Wildman–Crippen MR) is 93.7 cm³/mol. The maximum atomic E-state index is 12.5. The van der Waals surface area contributed by atoms with E-state index >= 15 is 0 Å². The van der Waals surface area contributed by atoms with E-state index in [-0.39, 0.29) is 11.8 Å². The second-order valence-corrected chi connectivity index (χ2v) is 7.32. The monoisotopic (exact) mass is 350 g/mol. The number of fused-ring (bicyclic) bond motifs is 1. The maximum Gasteiger partial charge on any atom is 0.262 e. The number of hydrogen-bond acceptors (Lipinski definition) is 3. The van der Waals surface area contributed by atoms with Gasteiger partial charge in [0.05, 0.1) is 10.6 Å². The number of carbonyl (C=O) groups is 2. The smallest absolute Gasteiger partial charge is 0.262 e. The number of benzene rings is 1. The molecule has 1 saturated heterocycles. The summed E-state index contributed by atoms with van der Waals surface area (Å²) in [5.74, 6) is -0.313. The van der Waals surface area contributed by atoms with Crippen LogP contribution in [-0.4, -0.2) is 29.8 Å². The van der Waals surface area contributed by atoms with Crippen LogP contribution >= 0.6 is 23.4 Å². The number of hydrogen-bond donors (Lipinski definition) is 1. The van der Waals surface area contributed by atoms with Crippen molar-refractivity contribution in [2.75, 3.05) is 18.4 Å². The van der Waals surface area contributed by atoms with Gasteiger partial charge in [-0.2, -0.15) is 0 Å². The van der Waals surface area contributed by atoms with Crippen LogP contribution in [0.4, 0.5) is 5.69 Å². The van der Waals surface area contributed by atoms with E-state index in [9.17, 15) is 9.59 Å². The fourth-order valence-electron chi connectivity index (χ4n) is 2.80. The standard InChI is InChI=1S/C17H19ClN2O2S/c18-12-6-7-14-13(10-12)19-17(22)15(23-14)11-16(21)20-8-4-2-1-3-5-9-20/h6-7,10-11H,1-5,8-9H2,(H,19,22)/b15-11-. The maximum absolute atomic E-state index is 12.5. The van der Waals surface area contributed by atoms with Crippen LogP contribution in [0.25, 0.3) is 0 Å². The van der Waals surface area contributed by atoms with Crippen LogP contribution in [0.3, 0.4) is 0 Å². The lowest BCUT2D eigenvalue weighted by Crippen LogP contribution is -2.33. The highest BCUT2D eigenvalue weighted by Gasteiger charge is 2.23. The lowest BCUT2D eigenvalue weighted by molar-refractivity contribution is -0.126. The Kier molecular flexibility index (Phi) is 5.28. The number of amides is 2. The number of likely N-dealkylation sites (tertiary alicyclic amines) is 1. The molecular weight excluding hydrogens is 332 g/mol. The van der Waals surface area contributed by atoms with E-state index in [1.54, 1.807) is 12.1 Å². The Bertz CT molecular complexity index is 652. The summed E-state index contributed by atoms with van der Waals surface area (Å²) >= 11 is 7.26. The third kappa shape index (κ3) is 4.09. The van der Waals surface area contributed by atoms with Crippen molar-refractivity contribution in [3.05, 3.63) is 34.2 Å². The summed E-state index contributed by atoms with van der Waals surface area (Å²) in [5, 5.41) is 3.38. The van der Waals surface area contributed by atoms with Crippen LogP contribution < -0.4 is 5.32 Å². The van der Waals surface area contributed by atoms with Crippen LogP contribution in [0, 0.1) is 0 Å². The van der Waals surface area contributed by atoms with Gasteiger partial charge in [-0.05, 0) is 31.0 Å². The van der Waals surface area contributed by atoms with Crippen LogP contribution in [0.1, 0.15) is 32.1 Å². The average Bonchev–Trinajstić information content (AvgIpc) is 2.47. The lowest BCUT2D eigenvalue weighted by Gasteiger charge is -2.24. The largest absolute Gasteiger partial charge is 0.339 e. The second-order valence-electron chi connectivity index (χ2n) is 5.80. The summed E-state index contributed by atoms with van der Waals surface area (Å²) in [5.41, 5.74) is 0.698. The molecule has 1 aromatic carbocycles. The molecule has 0 radical (unpaired) electrons. The van der Waals surface area contributed by atoms with Crippen molar-refractivity contribution in [2.24, 2.45) is 0 Å². The highest BCUT2D eigenvalue weighted by Crippen LogP contribution is 2.39. The molecule has 2 heterocycles. The van der Waals surface area contributed by atoms with Crippen molar-refractivity contribution in [2.45, 2.75) is 37.0 Å². The summed E-state index contributed by atoms with van der Waals surface area (Å²) in [6.07, 6.45) is 7.14. The summed E-state index contributed by atoms with van der Waals surface area (Å²) in [7, 11) is 0. The highest BCUT2D eigenvalue weighted by molar-refractivity contribution is 8.04. The van der Waals surface area contributed by atoms with E-state index in [2.05, 4.69) is 5.32 Å². The minimum Gasteiger partial charge on any atom is -0.339 e. The molecule has 23 heavy (non-hydrogen) atoms. The Balaban J connectivity index is 1.75. The number of carbonyl (C=O) groups excluding carboxylic acids is 2. The zero-order valence-corrected chi connectivity index (χ0v) is 14.4. The molecule has 0 bridgehead atoms. The van der Waals surface area contributed by atoms with E-state index in [0.717, 1.165) is 30.8 Å². The van der Waals surface area contributed by atoms with E-state index < -0.39 is 0 Å². The topological polar surface area (TPSA) is 49.4 Å². The highest BCUT2D eigenvalue weighted by atomic mass is 35.5. The van der Waals surface area contributed by atoms with Crippen molar-refractivity contribution in [1.29, 1.82) is 0 Å². The fraction of sp³-hybridized carbons (Fsp3) is 0.412. The summed E-state index contributed by atoms with van der Waals surface area (Å²) in [6.45, 7) is 1.56. The Morgan fingerprint density at radius 3 is 2.61 bits per heavy atom. The van der Waals surface area contributed by atoms with Gasteiger partial charge in [0.25, 0.3) is 5.91 Å². The normalized spacial score (nSPS) is 20.5. The van der Waals surface area contributed by atoms with Gasteiger partial charge < -0.3 is 10.2 Å². The van der Waals surface area contributed by atoms with Crippen molar-refractivity contribution < 1.29 is 9.59 Å². The molecule has 0 atom stereocenters. The van der Waals surface area contributed by atoms with Gasteiger partial charge >= 0.3 is 0 Å². The summed E-state index contributed by atoms with van der Waals surface area (Å²) in [6, 6.07) is 5.36. The molecule has 2 aliphatic heterocycles. The van der Waals surface area contributed by atoms with Crippen LogP contribution in [0.2, 0.25) is 5.02 Å².